The van der Waals surface area contributed by atoms with E-state index in [0.717, 1.165) is 24.0 Å². The highest BCUT2D eigenvalue weighted by atomic mass is 16.5. The predicted molar refractivity (Wildman–Crippen MR) is 128 cm³/mol. The average molecular weight is 465 g/mol. The Balaban J connectivity index is 1.28. The molecule has 2 amide bonds. The number of carbonyl (C=O) groups is 3. The SMILES string of the molecule is CC(CNC(=O)OCC1c2ccccc2-c2ccccc21)CC(=O)N(C)C1(C(=O)O)CCCC1. The van der Waals surface area contributed by atoms with Crippen LogP contribution in [0.1, 0.15) is 56.1 Å². The van der Waals surface area contributed by atoms with Crippen molar-refractivity contribution in [1.82, 2.24) is 10.2 Å². The fraction of sp³-hybridized carbons (Fsp3) is 0.444. The minimum absolute atomic E-state index is 0.00980. The minimum atomic E-state index is -1.10. The number of rotatable bonds is 8. The predicted octanol–water partition coefficient (Wildman–Crippen LogP) is 4.41. The molecule has 1 fully saturated rings. The molecule has 2 aliphatic carbocycles. The third-order valence-electron chi connectivity index (χ3n) is 7.31. The summed E-state index contributed by atoms with van der Waals surface area (Å²) in [6, 6.07) is 16.3. The Hall–Kier alpha value is -3.35. The van der Waals surface area contributed by atoms with E-state index < -0.39 is 17.6 Å². The number of carboxylic acid groups (broad SMARTS) is 1. The molecular formula is C27H32N2O5. The second-order valence-corrected chi connectivity index (χ2v) is 9.51. The third kappa shape index (κ3) is 4.52. The van der Waals surface area contributed by atoms with Crippen molar-refractivity contribution >= 4 is 18.0 Å². The maximum absolute atomic E-state index is 12.7. The Bertz CT molecular complexity index is 1030. The molecule has 0 aliphatic heterocycles. The van der Waals surface area contributed by atoms with Crippen LogP contribution in [0.3, 0.4) is 0 Å². The number of fused-ring (bicyclic) bond motifs is 3. The van der Waals surface area contributed by atoms with Crippen molar-refractivity contribution in [2.75, 3.05) is 20.2 Å². The van der Waals surface area contributed by atoms with Crippen molar-refractivity contribution in [3.05, 3.63) is 59.7 Å². The quantitative estimate of drug-likeness (QED) is 0.603. The normalized spacial score (nSPS) is 16.9. The Kier molecular flexibility index (Phi) is 6.91. The van der Waals surface area contributed by atoms with Crippen LogP contribution in [0.15, 0.2) is 48.5 Å². The lowest BCUT2D eigenvalue weighted by Gasteiger charge is -2.35. The third-order valence-corrected chi connectivity index (χ3v) is 7.31. The molecule has 180 valence electrons. The molecule has 0 heterocycles. The van der Waals surface area contributed by atoms with Gasteiger partial charge in [-0.1, -0.05) is 68.3 Å². The van der Waals surface area contributed by atoms with Crippen LogP contribution in [0.5, 0.6) is 0 Å². The van der Waals surface area contributed by atoms with E-state index in [1.54, 1.807) is 7.05 Å². The lowest BCUT2D eigenvalue weighted by molar-refractivity contribution is -0.157. The molecule has 0 saturated heterocycles. The lowest BCUT2D eigenvalue weighted by atomic mass is 9.94. The van der Waals surface area contributed by atoms with Gasteiger partial charge in [0.1, 0.15) is 12.1 Å². The van der Waals surface area contributed by atoms with Crippen LogP contribution in [0.4, 0.5) is 4.79 Å². The monoisotopic (exact) mass is 464 g/mol. The van der Waals surface area contributed by atoms with Gasteiger partial charge < -0.3 is 20.1 Å². The number of ether oxygens (including phenoxy) is 1. The van der Waals surface area contributed by atoms with Gasteiger partial charge in [0.2, 0.25) is 5.91 Å². The van der Waals surface area contributed by atoms with Crippen molar-refractivity contribution in [2.24, 2.45) is 5.92 Å². The Morgan fingerprint density at radius 1 is 1.06 bits per heavy atom. The summed E-state index contributed by atoms with van der Waals surface area (Å²) in [5.74, 6) is -1.32. The van der Waals surface area contributed by atoms with Crippen LogP contribution < -0.4 is 5.32 Å². The zero-order valence-electron chi connectivity index (χ0n) is 19.8. The van der Waals surface area contributed by atoms with E-state index in [1.807, 2.05) is 31.2 Å². The van der Waals surface area contributed by atoms with Crippen molar-refractivity contribution in [3.63, 3.8) is 0 Å². The number of hydrogen-bond donors (Lipinski definition) is 2. The summed E-state index contributed by atoms with van der Waals surface area (Å²) in [6.07, 6.45) is 2.22. The minimum Gasteiger partial charge on any atom is -0.479 e. The van der Waals surface area contributed by atoms with Gasteiger partial charge in [-0.3, -0.25) is 4.79 Å². The first-order valence-corrected chi connectivity index (χ1v) is 11.9. The van der Waals surface area contributed by atoms with Gasteiger partial charge in [0, 0.05) is 25.9 Å². The van der Waals surface area contributed by atoms with Gasteiger partial charge in [0.25, 0.3) is 0 Å². The highest BCUT2D eigenvalue weighted by Gasteiger charge is 2.46. The summed E-state index contributed by atoms with van der Waals surface area (Å²) in [4.78, 5) is 38.4. The van der Waals surface area contributed by atoms with Crippen LogP contribution >= 0.6 is 0 Å². The van der Waals surface area contributed by atoms with Crippen molar-refractivity contribution in [1.29, 1.82) is 0 Å². The number of benzene rings is 2. The molecule has 7 nitrogen and oxygen atoms in total. The number of carboxylic acids is 1. The van der Waals surface area contributed by atoms with Crippen molar-refractivity contribution in [2.45, 2.75) is 50.5 Å². The zero-order chi connectivity index (χ0) is 24.3. The van der Waals surface area contributed by atoms with Gasteiger partial charge >= 0.3 is 12.1 Å². The lowest BCUT2D eigenvalue weighted by Crippen LogP contribution is -2.53. The molecule has 1 atom stereocenters. The van der Waals surface area contributed by atoms with Gasteiger partial charge in [0.15, 0.2) is 0 Å². The maximum atomic E-state index is 12.7. The molecule has 2 aromatic carbocycles. The standard InChI is InChI=1S/C27H32N2O5/c1-18(15-24(30)29(2)27(25(31)32)13-7-8-14-27)16-28-26(33)34-17-23-21-11-5-3-9-19(21)20-10-4-6-12-22(20)23/h3-6,9-12,18,23H,7-8,13-17H2,1-2H3,(H,28,33)(H,31,32). The number of nitrogens with one attached hydrogen (secondary N) is 1. The van der Waals surface area contributed by atoms with Crippen LogP contribution in [-0.2, 0) is 14.3 Å². The Morgan fingerprint density at radius 2 is 1.62 bits per heavy atom. The fourth-order valence-corrected chi connectivity index (χ4v) is 5.31. The van der Waals surface area contributed by atoms with E-state index in [1.165, 1.54) is 16.0 Å². The van der Waals surface area contributed by atoms with Gasteiger partial charge in [-0.2, -0.15) is 0 Å². The summed E-state index contributed by atoms with van der Waals surface area (Å²) in [5.41, 5.74) is 3.54. The van der Waals surface area contributed by atoms with E-state index >= 15 is 0 Å². The van der Waals surface area contributed by atoms with Gasteiger partial charge in [-0.25, -0.2) is 9.59 Å². The molecule has 1 saturated carbocycles. The number of alkyl carbamates (subject to hydrolysis) is 1. The van der Waals surface area contributed by atoms with Gasteiger partial charge in [0.05, 0.1) is 0 Å². The molecule has 2 aromatic rings. The van der Waals surface area contributed by atoms with Crippen LogP contribution in [0.25, 0.3) is 11.1 Å². The van der Waals surface area contributed by atoms with Crippen LogP contribution in [-0.4, -0.2) is 53.7 Å². The molecule has 1 unspecified atom stereocenters. The molecular weight excluding hydrogens is 432 g/mol. The van der Waals surface area contributed by atoms with Crippen LogP contribution in [0, 0.1) is 5.92 Å². The summed E-state index contributed by atoms with van der Waals surface area (Å²) in [6.45, 7) is 2.37. The molecule has 2 N–H and O–H groups in total. The second kappa shape index (κ2) is 9.87. The smallest absolute Gasteiger partial charge is 0.407 e. The molecule has 2 aliphatic rings. The first-order chi connectivity index (χ1) is 16.3. The summed E-state index contributed by atoms with van der Waals surface area (Å²) < 4.78 is 5.55. The largest absolute Gasteiger partial charge is 0.479 e. The highest BCUT2D eigenvalue weighted by molar-refractivity contribution is 5.87. The van der Waals surface area contributed by atoms with E-state index in [2.05, 4.69) is 29.6 Å². The van der Waals surface area contributed by atoms with Gasteiger partial charge in [-0.05, 0) is 41.0 Å². The Labute approximate surface area is 200 Å². The highest BCUT2D eigenvalue weighted by Crippen LogP contribution is 2.44. The zero-order valence-corrected chi connectivity index (χ0v) is 19.8. The van der Waals surface area contributed by atoms with Crippen LogP contribution in [0.2, 0.25) is 0 Å². The molecule has 0 spiro atoms. The first kappa shape index (κ1) is 23.8. The van der Waals surface area contributed by atoms with Gasteiger partial charge in [-0.15, -0.1) is 0 Å². The first-order valence-electron chi connectivity index (χ1n) is 11.9. The molecule has 34 heavy (non-hydrogen) atoms. The molecule has 7 heteroatoms. The van der Waals surface area contributed by atoms with Crippen molar-refractivity contribution in [3.8, 4) is 11.1 Å². The number of nitrogens with zero attached hydrogens (tertiary/aromatic N) is 1. The number of carbonyl (C=O) groups excluding carboxylic acids is 2. The van der Waals surface area contributed by atoms with E-state index in [9.17, 15) is 19.5 Å². The number of amides is 2. The number of hydrogen-bond acceptors (Lipinski definition) is 4. The van der Waals surface area contributed by atoms with E-state index in [4.69, 9.17) is 4.74 Å². The number of likely N-dealkylation sites (N-methyl/N-ethyl adjacent to an activating group) is 1. The molecule has 0 aromatic heterocycles. The molecule has 0 bridgehead atoms. The van der Waals surface area contributed by atoms with E-state index in [-0.39, 0.29) is 37.3 Å². The van der Waals surface area contributed by atoms with E-state index in [0.29, 0.717) is 12.8 Å². The summed E-state index contributed by atoms with van der Waals surface area (Å²) >= 11 is 0. The second-order valence-electron chi connectivity index (χ2n) is 9.51. The topological polar surface area (TPSA) is 95.9 Å². The number of aliphatic carboxylic acids is 1. The Morgan fingerprint density at radius 3 is 2.18 bits per heavy atom. The maximum Gasteiger partial charge on any atom is 0.407 e. The summed E-state index contributed by atoms with van der Waals surface area (Å²) in [5, 5.41) is 12.4. The summed E-state index contributed by atoms with van der Waals surface area (Å²) in [7, 11) is 1.58. The molecule has 0 radical (unpaired) electrons. The average Bonchev–Trinajstić information content (AvgIpc) is 3.45. The van der Waals surface area contributed by atoms with Crippen molar-refractivity contribution < 1.29 is 24.2 Å². The molecule has 4 rings (SSSR count). The fourth-order valence-electron chi connectivity index (χ4n) is 5.31.